The Labute approximate surface area is 121 Å². The Balaban J connectivity index is 2.72. The number of benzene rings is 1. The van der Waals surface area contributed by atoms with E-state index < -0.39 is 6.10 Å². The zero-order valence-corrected chi connectivity index (χ0v) is 13.1. The predicted octanol–water partition coefficient (Wildman–Crippen LogP) is 1.23. The maximum Gasteiger partial charge on any atom is 0.124 e. The number of hydrogen-bond acceptors (Lipinski definition) is 5. The van der Waals surface area contributed by atoms with Gasteiger partial charge in [0, 0.05) is 25.2 Å². The van der Waals surface area contributed by atoms with E-state index in [4.69, 9.17) is 9.47 Å². The average Bonchev–Trinajstić information content (AvgIpc) is 2.44. The molecular weight excluding hydrogens is 256 g/mol. The first-order chi connectivity index (χ1) is 9.47. The van der Waals surface area contributed by atoms with E-state index in [-0.39, 0.29) is 0 Å². The monoisotopic (exact) mass is 282 g/mol. The van der Waals surface area contributed by atoms with E-state index >= 15 is 0 Å². The molecule has 0 aliphatic heterocycles. The number of aliphatic hydroxyl groups excluding tert-OH is 1. The zero-order chi connectivity index (χ0) is 15.1. The van der Waals surface area contributed by atoms with Crippen LogP contribution in [0.4, 0.5) is 0 Å². The summed E-state index contributed by atoms with van der Waals surface area (Å²) in [5.74, 6) is 1.40. The third-order valence-electron chi connectivity index (χ3n) is 3.21. The van der Waals surface area contributed by atoms with Gasteiger partial charge in [-0.05, 0) is 39.3 Å². The van der Waals surface area contributed by atoms with Gasteiger partial charge in [-0.2, -0.15) is 0 Å². The summed E-state index contributed by atoms with van der Waals surface area (Å²) >= 11 is 0. The van der Waals surface area contributed by atoms with Gasteiger partial charge in [0.25, 0.3) is 0 Å². The van der Waals surface area contributed by atoms with E-state index in [1.807, 2.05) is 39.3 Å². The summed E-state index contributed by atoms with van der Waals surface area (Å²) in [4.78, 5) is 4.22. The Kier molecular flexibility index (Phi) is 6.78. The van der Waals surface area contributed by atoms with E-state index in [0.29, 0.717) is 12.3 Å². The summed E-state index contributed by atoms with van der Waals surface area (Å²) in [6.45, 7) is 2.41. The maximum absolute atomic E-state index is 10.4. The Morgan fingerprint density at radius 1 is 1.10 bits per heavy atom. The first-order valence-electron chi connectivity index (χ1n) is 6.71. The lowest BCUT2D eigenvalue weighted by atomic mass is 10.1. The molecule has 0 saturated heterocycles. The molecule has 1 N–H and O–H groups in total. The Hall–Kier alpha value is -1.30. The predicted molar refractivity (Wildman–Crippen MR) is 80.6 cm³/mol. The van der Waals surface area contributed by atoms with Crippen LogP contribution < -0.4 is 9.47 Å². The number of ether oxygens (including phenoxy) is 2. The van der Waals surface area contributed by atoms with Crippen LogP contribution in [0.3, 0.4) is 0 Å². The number of hydrogen-bond donors (Lipinski definition) is 1. The molecule has 0 spiro atoms. The molecule has 1 rings (SSSR count). The number of rotatable bonds is 8. The Bertz CT molecular complexity index is 410. The first kappa shape index (κ1) is 16.8. The lowest BCUT2D eigenvalue weighted by molar-refractivity contribution is 0.120. The van der Waals surface area contributed by atoms with Gasteiger partial charge >= 0.3 is 0 Å². The first-order valence-corrected chi connectivity index (χ1v) is 6.71. The second-order valence-electron chi connectivity index (χ2n) is 5.19. The van der Waals surface area contributed by atoms with Gasteiger partial charge in [0.1, 0.15) is 11.5 Å². The number of aliphatic hydroxyl groups is 1. The quantitative estimate of drug-likeness (QED) is 0.777. The van der Waals surface area contributed by atoms with Crippen LogP contribution in [0, 0.1) is 0 Å². The molecule has 0 saturated carbocycles. The Morgan fingerprint density at radius 3 is 2.35 bits per heavy atom. The van der Waals surface area contributed by atoms with Gasteiger partial charge in [0.05, 0.1) is 20.3 Å². The standard InChI is InChI=1S/C15H26N2O3/c1-16(2)8-9-17(3)11-14(18)13-10-12(19-4)6-7-15(13)20-5/h6-7,10,14,18H,8-9,11H2,1-5H3. The molecule has 1 aromatic rings. The number of likely N-dealkylation sites (N-methyl/N-ethyl adjacent to an activating group) is 2. The highest BCUT2D eigenvalue weighted by Gasteiger charge is 2.16. The highest BCUT2D eigenvalue weighted by Crippen LogP contribution is 2.29. The van der Waals surface area contributed by atoms with Crippen molar-refractivity contribution in [1.82, 2.24) is 9.80 Å². The average molecular weight is 282 g/mol. The molecule has 114 valence electrons. The fourth-order valence-electron chi connectivity index (χ4n) is 1.96. The number of methoxy groups -OCH3 is 2. The van der Waals surface area contributed by atoms with Crippen molar-refractivity contribution < 1.29 is 14.6 Å². The minimum atomic E-state index is -0.604. The second-order valence-corrected chi connectivity index (χ2v) is 5.19. The van der Waals surface area contributed by atoms with Gasteiger partial charge in [0.2, 0.25) is 0 Å². The van der Waals surface area contributed by atoms with Crippen LogP contribution >= 0.6 is 0 Å². The van der Waals surface area contributed by atoms with Crippen molar-refractivity contribution in [3.8, 4) is 11.5 Å². The molecule has 0 radical (unpaired) electrons. The lowest BCUT2D eigenvalue weighted by Crippen LogP contribution is -2.31. The fraction of sp³-hybridized carbons (Fsp3) is 0.600. The normalized spacial score (nSPS) is 12.8. The van der Waals surface area contributed by atoms with Crippen LogP contribution in [0.2, 0.25) is 0 Å². The second kappa shape index (κ2) is 8.09. The summed E-state index contributed by atoms with van der Waals surface area (Å²) in [6, 6.07) is 5.46. The van der Waals surface area contributed by atoms with Crippen LogP contribution in [0.25, 0.3) is 0 Å². The molecule has 20 heavy (non-hydrogen) atoms. The molecular formula is C15H26N2O3. The fourth-order valence-corrected chi connectivity index (χ4v) is 1.96. The van der Waals surface area contributed by atoms with Crippen molar-refractivity contribution in [3.63, 3.8) is 0 Å². The van der Waals surface area contributed by atoms with Gasteiger partial charge < -0.3 is 24.4 Å². The van der Waals surface area contributed by atoms with E-state index in [1.54, 1.807) is 14.2 Å². The topological polar surface area (TPSA) is 45.2 Å². The van der Waals surface area contributed by atoms with Gasteiger partial charge in [0.15, 0.2) is 0 Å². The third-order valence-corrected chi connectivity index (χ3v) is 3.21. The summed E-state index contributed by atoms with van der Waals surface area (Å²) in [5.41, 5.74) is 0.753. The molecule has 5 heteroatoms. The maximum atomic E-state index is 10.4. The van der Waals surface area contributed by atoms with Crippen LogP contribution in [-0.2, 0) is 0 Å². The molecule has 0 amide bonds. The minimum Gasteiger partial charge on any atom is -0.497 e. The smallest absolute Gasteiger partial charge is 0.124 e. The number of nitrogens with zero attached hydrogens (tertiary/aromatic N) is 2. The molecule has 1 unspecified atom stereocenters. The molecule has 5 nitrogen and oxygen atoms in total. The van der Waals surface area contributed by atoms with Crippen molar-refractivity contribution in [1.29, 1.82) is 0 Å². The van der Waals surface area contributed by atoms with Crippen LogP contribution in [0.5, 0.6) is 11.5 Å². The van der Waals surface area contributed by atoms with Crippen molar-refractivity contribution in [2.75, 3.05) is 55.0 Å². The van der Waals surface area contributed by atoms with Crippen LogP contribution in [0.1, 0.15) is 11.7 Å². The minimum absolute atomic E-state index is 0.553. The molecule has 1 atom stereocenters. The summed E-state index contributed by atoms with van der Waals surface area (Å²) in [5, 5.41) is 10.4. The van der Waals surface area contributed by atoms with E-state index in [2.05, 4.69) is 9.80 Å². The van der Waals surface area contributed by atoms with E-state index in [1.165, 1.54) is 0 Å². The largest absolute Gasteiger partial charge is 0.497 e. The highest BCUT2D eigenvalue weighted by atomic mass is 16.5. The highest BCUT2D eigenvalue weighted by molar-refractivity contribution is 5.41. The third kappa shape index (κ3) is 5.00. The molecule has 0 bridgehead atoms. The van der Waals surface area contributed by atoms with Gasteiger partial charge in [-0.3, -0.25) is 0 Å². The molecule has 1 aromatic carbocycles. The molecule has 0 aliphatic rings. The van der Waals surface area contributed by atoms with Crippen molar-refractivity contribution >= 4 is 0 Å². The molecule has 0 aromatic heterocycles. The molecule has 0 heterocycles. The summed E-state index contributed by atoms with van der Waals surface area (Å²) < 4.78 is 10.5. The van der Waals surface area contributed by atoms with Crippen LogP contribution in [-0.4, -0.2) is 69.9 Å². The SMILES string of the molecule is COc1ccc(OC)c(C(O)CN(C)CCN(C)C)c1. The van der Waals surface area contributed by atoms with E-state index in [9.17, 15) is 5.11 Å². The van der Waals surface area contributed by atoms with Crippen molar-refractivity contribution in [2.24, 2.45) is 0 Å². The lowest BCUT2D eigenvalue weighted by Gasteiger charge is -2.23. The molecule has 0 aliphatic carbocycles. The van der Waals surface area contributed by atoms with E-state index in [0.717, 1.165) is 24.4 Å². The summed E-state index contributed by atoms with van der Waals surface area (Å²) in [6.07, 6.45) is -0.604. The van der Waals surface area contributed by atoms with Crippen LogP contribution in [0.15, 0.2) is 18.2 Å². The summed E-state index contributed by atoms with van der Waals surface area (Å²) in [7, 11) is 9.29. The van der Waals surface area contributed by atoms with Gasteiger partial charge in [-0.1, -0.05) is 0 Å². The van der Waals surface area contributed by atoms with Crippen molar-refractivity contribution in [2.45, 2.75) is 6.10 Å². The van der Waals surface area contributed by atoms with Crippen molar-refractivity contribution in [3.05, 3.63) is 23.8 Å². The van der Waals surface area contributed by atoms with Gasteiger partial charge in [-0.15, -0.1) is 0 Å². The van der Waals surface area contributed by atoms with Gasteiger partial charge in [-0.25, -0.2) is 0 Å². The molecule has 0 fully saturated rings. The zero-order valence-electron chi connectivity index (χ0n) is 13.1. The Morgan fingerprint density at radius 2 is 1.80 bits per heavy atom.